The molecule has 0 atom stereocenters. The first-order valence-electron chi connectivity index (χ1n) is 6.66. The molecule has 1 heterocycles. The topological polar surface area (TPSA) is 77.2 Å². The molecule has 3 N–H and O–H groups in total. The zero-order chi connectivity index (χ0) is 15.4. The molecule has 2 aromatic rings. The van der Waals surface area contributed by atoms with Crippen molar-refractivity contribution in [3.05, 3.63) is 52.8 Å². The molecule has 21 heavy (non-hydrogen) atoms. The van der Waals surface area contributed by atoms with Crippen LogP contribution < -0.4 is 15.8 Å². The molecular weight excluding hydrogens is 266 g/mol. The Kier molecular flexibility index (Phi) is 4.42. The average Bonchev–Trinajstić information content (AvgIpc) is 2.45. The maximum absolute atomic E-state index is 12.2. The first-order valence-corrected chi connectivity index (χ1v) is 6.66. The summed E-state index contributed by atoms with van der Waals surface area (Å²) in [6, 6.07) is 9.06. The van der Waals surface area contributed by atoms with Crippen molar-refractivity contribution in [3.8, 4) is 5.75 Å². The van der Waals surface area contributed by atoms with Gasteiger partial charge in [0.05, 0.1) is 24.1 Å². The molecule has 0 bridgehead atoms. The number of aromatic nitrogens is 1. The molecule has 5 heteroatoms. The summed E-state index contributed by atoms with van der Waals surface area (Å²) in [6.07, 6.45) is 0. The summed E-state index contributed by atoms with van der Waals surface area (Å²) in [4.78, 5) is 16.4. The van der Waals surface area contributed by atoms with Crippen LogP contribution in [-0.2, 0) is 6.54 Å². The van der Waals surface area contributed by atoms with Gasteiger partial charge in [0.25, 0.3) is 5.91 Å². The Hall–Kier alpha value is -2.56. The second-order valence-corrected chi connectivity index (χ2v) is 4.84. The Morgan fingerprint density at radius 1 is 1.29 bits per heavy atom. The van der Waals surface area contributed by atoms with Crippen LogP contribution in [0, 0.1) is 13.8 Å². The third-order valence-electron chi connectivity index (χ3n) is 3.22. The number of nitrogens with zero attached hydrogens (tertiary/aromatic N) is 1. The quantitative estimate of drug-likeness (QED) is 0.844. The van der Waals surface area contributed by atoms with Gasteiger partial charge in [0, 0.05) is 12.2 Å². The fourth-order valence-corrected chi connectivity index (χ4v) is 2.10. The van der Waals surface area contributed by atoms with Crippen molar-refractivity contribution in [2.75, 3.05) is 12.8 Å². The largest absolute Gasteiger partial charge is 0.495 e. The number of nitrogens with one attached hydrogen (secondary N) is 1. The van der Waals surface area contributed by atoms with Crippen molar-refractivity contribution in [2.24, 2.45) is 0 Å². The number of hydrogen-bond donors (Lipinski definition) is 2. The molecule has 0 aliphatic rings. The van der Waals surface area contributed by atoms with E-state index in [2.05, 4.69) is 10.3 Å². The van der Waals surface area contributed by atoms with Gasteiger partial charge < -0.3 is 15.8 Å². The highest BCUT2D eigenvalue weighted by Gasteiger charge is 2.10. The number of nitrogen functional groups attached to an aromatic ring is 1. The first kappa shape index (κ1) is 14.8. The van der Waals surface area contributed by atoms with Crippen LogP contribution >= 0.6 is 0 Å². The minimum absolute atomic E-state index is 0.144. The fourth-order valence-electron chi connectivity index (χ4n) is 2.10. The maximum Gasteiger partial charge on any atom is 0.253 e. The van der Waals surface area contributed by atoms with Crippen LogP contribution in [0.1, 0.15) is 27.3 Å². The number of rotatable bonds is 4. The third kappa shape index (κ3) is 3.51. The summed E-state index contributed by atoms with van der Waals surface area (Å²) in [5.74, 6) is 0.484. The molecule has 0 saturated heterocycles. The summed E-state index contributed by atoms with van der Waals surface area (Å²) < 4.78 is 5.10. The van der Waals surface area contributed by atoms with Crippen molar-refractivity contribution >= 4 is 11.6 Å². The van der Waals surface area contributed by atoms with E-state index in [1.54, 1.807) is 25.3 Å². The number of aryl methyl sites for hydroxylation is 2. The van der Waals surface area contributed by atoms with Crippen LogP contribution in [0.15, 0.2) is 30.3 Å². The Morgan fingerprint density at radius 2 is 2.05 bits per heavy atom. The number of methoxy groups -OCH3 is 1. The van der Waals surface area contributed by atoms with Crippen LogP contribution in [0.5, 0.6) is 5.75 Å². The zero-order valence-electron chi connectivity index (χ0n) is 12.4. The molecule has 0 radical (unpaired) electrons. The third-order valence-corrected chi connectivity index (χ3v) is 3.22. The van der Waals surface area contributed by atoms with E-state index in [0.717, 1.165) is 17.0 Å². The molecule has 1 amide bonds. The summed E-state index contributed by atoms with van der Waals surface area (Å²) in [6.45, 7) is 4.13. The number of benzene rings is 1. The molecule has 0 spiro atoms. The van der Waals surface area contributed by atoms with Gasteiger partial charge in [-0.1, -0.05) is 6.07 Å². The van der Waals surface area contributed by atoms with Gasteiger partial charge in [-0.25, -0.2) is 0 Å². The lowest BCUT2D eigenvalue weighted by Crippen LogP contribution is -2.24. The number of ether oxygens (including phenoxy) is 1. The Morgan fingerprint density at radius 3 is 2.67 bits per heavy atom. The van der Waals surface area contributed by atoms with Crippen molar-refractivity contribution < 1.29 is 9.53 Å². The van der Waals surface area contributed by atoms with E-state index in [4.69, 9.17) is 10.5 Å². The van der Waals surface area contributed by atoms with Gasteiger partial charge in [0.2, 0.25) is 0 Å². The SMILES string of the molecule is COc1ccc(CNC(=O)c2ccc(C)nc2C)cc1N. The van der Waals surface area contributed by atoms with Gasteiger partial charge in [-0.3, -0.25) is 9.78 Å². The molecular formula is C16H19N3O2. The van der Waals surface area contributed by atoms with E-state index in [1.807, 2.05) is 26.0 Å². The van der Waals surface area contributed by atoms with Crippen molar-refractivity contribution in [3.63, 3.8) is 0 Å². The molecule has 0 unspecified atom stereocenters. The summed E-state index contributed by atoms with van der Waals surface area (Å²) in [5.41, 5.74) is 9.52. The van der Waals surface area contributed by atoms with Crippen molar-refractivity contribution in [2.45, 2.75) is 20.4 Å². The van der Waals surface area contributed by atoms with Gasteiger partial charge >= 0.3 is 0 Å². The minimum Gasteiger partial charge on any atom is -0.495 e. The van der Waals surface area contributed by atoms with E-state index >= 15 is 0 Å². The van der Waals surface area contributed by atoms with Gasteiger partial charge in [-0.05, 0) is 43.7 Å². The molecule has 0 fully saturated rings. The summed E-state index contributed by atoms with van der Waals surface area (Å²) >= 11 is 0. The number of nitrogens with two attached hydrogens (primary N) is 1. The van der Waals surface area contributed by atoms with E-state index in [1.165, 1.54) is 0 Å². The van der Waals surface area contributed by atoms with E-state index in [9.17, 15) is 4.79 Å². The summed E-state index contributed by atoms with van der Waals surface area (Å²) in [5, 5.41) is 2.86. The predicted molar refractivity (Wildman–Crippen MR) is 82.3 cm³/mol. The van der Waals surface area contributed by atoms with Crippen LogP contribution in [0.25, 0.3) is 0 Å². The Labute approximate surface area is 124 Å². The van der Waals surface area contributed by atoms with Crippen molar-refractivity contribution in [1.29, 1.82) is 0 Å². The van der Waals surface area contributed by atoms with E-state index in [-0.39, 0.29) is 5.91 Å². The van der Waals surface area contributed by atoms with Crippen LogP contribution in [0.2, 0.25) is 0 Å². The number of pyridine rings is 1. The van der Waals surface area contributed by atoms with Gasteiger partial charge in [-0.2, -0.15) is 0 Å². The Bertz CT molecular complexity index is 669. The lowest BCUT2D eigenvalue weighted by Gasteiger charge is -2.10. The van der Waals surface area contributed by atoms with Gasteiger partial charge in [0.15, 0.2) is 0 Å². The molecule has 0 saturated carbocycles. The van der Waals surface area contributed by atoms with Gasteiger partial charge in [0.1, 0.15) is 5.75 Å². The highest BCUT2D eigenvalue weighted by atomic mass is 16.5. The molecule has 1 aromatic carbocycles. The van der Waals surface area contributed by atoms with E-state index in [0.29, 0.717) is 23.5 Å². The Balaban J connectivity index is 2.05. The molecule has 110 valence electrons. The van der Waals surface area contributed by atoms with Crippen LogP contribution in [0.3, 0.4) is 0 Å². The highest BCUT2D eigenvalue weighted by Crippen LogP contribution is 2.21. The second-order valence-electron chi connectivity index (χ2n) is 4.84. The number of carbonyl (C=O) groups is 1. The summed E-state index contributed by atoms with van der Waals surface area (Å²) in [7, 11) is 1.57. The van der Waals surface area contributed by atoms with Crippen LogP contribution in [0.4, 0.5) is 5.69 Å². The molecule has 1 aromatic heterocycles. The predicted octanol–water partition coefficient (Wildman–Crippen LogP) is 2.22. The zero-order valence-corrected chi connectivity index (χ0v) is 12.4. The molecule has 2 rings (SSSR count). The van der Waals surface area contributed by atoms with Gasteiger partial charge in [-0.15, -0.1) is 0 Å². The second kappa shape index (κ2) is 6.26. The number of anilines is 1. The number of amides is 1. The molecule has 0 aliphatic carbocycles. The standard InChI is InChI=1S/C16H19N3O2/c1-10-4-6-13(11(2)19-10)16(20)18-9-12-5-7-15(21-3)14(17)8-12/h4-8H,9,17H2,1-3H3,(H,18,20). The van der Waals surface area contributed by atoms with Crippen LogP contribution in [-0.4, -0.2) is 18.0 Å². The number of carbonyl (C=O) groups excluding carboxylic acids is 1. The lowest BCUT2D eigenvalue weighted by atomic mass is 10.1. The van der Waals surface area contributed by atoms with Crippen molar-refractivity contribution in [1.82, 2.24) is 10.3 Å². The highest BCUT2D eigenvalue weighted by molar-refractivity contribution is 5.95. The monoisotopic (exact) mass is 285 g/mol. The van der Waals surface area contributed by atoms with E-state index < -0.39 is 0 Å². The number of hydrogen-bond acceptors (Lipinski definition) is 4. The molecule has 0 aliphatic heterocycles. The normalized spacial score (nSPS) is 10.2. The minimum atomic E-state index is -0.144. The molecule has 5 nitrogen and oxygen atoms in total. The maximum atomic E-state index is 12.2. The smallest absolute Gasteiger partial charge is 0.253 e. The average molecular weight is 285 g/mol. The fraction of sp³-hybridized carbons (Fsp3) is 0.250. The lowest BCUT2D eigenvalue weighted by molar-refractivity contribution is 0.0950. The first-order chi connectivity index (χ1) is 10.0.